The number of fused-ring (bicyclic) bond motifs is 2. The highest BCUT2D eigenvalue weighted by Gasteiger charge is 2.15. The van der Waals surface area contributed by atoms with Crippen LogP contribution in [0.25, 0.3) is 31.8 Å². The molecule has 0 atom stereocenters. The molecule has 2 aromatic carbocycles. The van der Waals surface area contributed by atoms with Crippen molar-refractivity contribution in [2.75, 3.05) is 5.43 Å². The van der Waals surface area contributed by atoms with Gasteiger partial charge >= 0.3 is 0 Å². The highest BCUT2D eigenvalue weighted by molar-refractivity contribution is 7.21. The van der Waals surface area contributed by atoms with Crippen LogP contribution < -0.4 is 11.0 Å². The summed E-state index contributed by atoms with van der Waals surface area (Å²) in [6.07, 6.45) is 0. The Bertz CT molecular complexity index is 1160. The Labute approximate surface area is 146 Å². The fourth-order valence-electron chi connectivity index (χ4n) is 2.74. The van der Waals surface area contributed by atoms with Crippen molar-refractivity contribution >= 4 is 38.5 Å². The SMILES string of the molecule is CC(=O)Nn1c(=O)c(C)nc2c(-c3nc4ccccc4s3)cccc21. The summed E-state index contributed by atoms with van der Waals surface area (Å²) < 4.78 is 2.33. The maximum Gasteiger partial charge on any atom is 0.291 e. The molecule has 2 heterocycles. The second kappa shape index (κ2) is 5.78. The van der Waals surface area contributed by atoms with Crippen LogP contribution in [-0.4, -0.2) is 20.6 Å². The Kier molecular flexibility index (Phi) is 3.58. The van der Waals surface area contributed by atoms with Crippen LogP contribution in [0.4, 0.5) is 0 Å². The minimum Gasteiger partial charge on any atom is -0.274 e. The number of hydrogen-bond acceptors (Lipinski definition) is 5. The molecule has 0 spiro atoms. The number of carbonyl (C=O) groups is 1. The van der Waals surface area contributed by atoms with Crippen LogP contribution in [0.2, 0.25) is 0 Å². The van der Waals surface area contributed by atoms with Gasteiger partial charge in [0.05, 0.1) is 21.3 Å². The predicted octanol–water partition coefficient (Wildman–Crippen LogP) is 3.07. The number of aromatic nitrogens is 3. The third-order valence-electron chi connectivity index (χ3n) is 3.84. The molecule has 4 aromatic rings. The molecule has 4 rings (SSSR count). The molecule has 0 saturated carbocycles. The predicted molar refractivity (Wildman–Crippen MR) is 99.4 cm³/mol. The molecule has 0 bridgehead atoms. The van der Waals surface area contributed by atoms with Gasteiger partial charge in [0.15, 0.2) is 0 Å². The fourth-order valence-corrected chi connectivity index (χ4v) is 3.74. The number of nitrogens with one attached hydrogen (secondary N) is 1. The molecule has 0 aliphatic carbocycles. The summed E-state index contributed by atoms with van der Waals surface area (Å²) in [5.74, 6) is -0.320. The topological polar surface area (TPSA) is 76.9 Å². The first kappa shape index (κ1) is 15.5. The van der Waals surface area contributed by atoms with Gasteiger partial charge in [-0.1, -0.05) is 18.2 Å². The highest BCUT2D eigenvalue weighted by Crippen LogP contribution is 2.33. The largest absolute Gasteiger partial charge is 0.291 e. The molecule has 7 heteroatoms. The van der Waals surface area contributed by atoms with Gasteiger partial charge in [-0.3, -0.25) is 15.0 Å². The standard InChI is InChI=1S/C18H14N4O2S/c1-10-18(24)22(21-11(2)23)14-8-5-6-12(16(14)19-10)17-20-13-7-3-4-9-15(13)25-17/h3-9H,1-2H3,(H,21,23). The summed E-state index contributed by atoms with van der Waals surface area (Å²) in [6, 6.07) is 13.4. The van der Waals surface area contributed by atoms with Crippen LogP contribution in [0.3, 0.4) is 0 Å². The van der Waals surface area contributed by atoms with Crippen LogP contribution in [0.1, 0.15) is 12.6 Å². The van der Waals surface area contributed by atoms with Crippen molar-refractivity contribution in [2.24, 2.45) is 0 Å². The summed E-state index contributed by atoms with van der Waals surface area (Å²) >= 11 is 1.57. The number of carbonyl (C=O) groups excluding carboxylic acids is 1. The molecular weight excluding hydrogens is 336 g/mol. The zero-order valence-electron chi connectivity index (χ0n) is 13.6. The first-order valence-electron chi connectivity index (χ1n) is 7.70. The van der Waals surface area contributed by atoms with E-state index in [0.717, 1.165) is 20.8 Å². The molecule has 0 fully saturated rings. The number of amides is 1. The number of rotatable bonds is 2. The van der Waals surface area contributed by atoms with Gasteiger partial charge in [0.1, 0.15) is 10.7 Å². The van der Waals surface area contributed by atoms with Gasteiger partial charge in [0.2, 0.25) is 5.91 Å². The number of nitrogens with zero attached hydrogens (tertiary/aromatic N) is 3. The van der Waals surface area contributed by atoms with E-state index in [9.17, 15) is 9.59 Å². The molecule has 124 valence electrons. The van der Waals surface area contributed by atoms with Crippen molar-refractivity contribution in [2.45, 2.75) is 13.8 Å². The summed E-state index contributed by atoms with van der Waals surface area (Å²) in [5, 5.41) is 0.826. The van der Waals surface area contributed by atoms with E-state index >= 15 is 0 Å². The molecule has 1 N–H and O–H groups in total. The second-order valence-electron chi connectivity index (χ2n) is 5.67. The van der Waals surface area contributed by atoms with Gasteiger partial charge in [-0.2, -0.15) is 0 Å². The first-order valence-corrected chi connectivity index (χ1v) is 8.52. The quantitative estimate of drug-likeness (QED) is 0.603. The van der Waals surface area contributed by atoms with Gasteiger partial charge in [0.25, 0.3) is 5.56 Å². The Hall–Kier alpha value is -3.06. The first-order chi connectivity index (χ1) is 12.0. The van der Waals surface area contributed by atoms with Crippen molar-refractivity contribution in [3.05, 3.63) is 58.5 Å². The Morgan fingerprint density at radius 1 is 1.12 bits per heavy atom. The average Bonchev–Trinajstić information content (AvgIpc) is 3.02. The van der Waals surface area contributed by atoms with E-state index < -0.39 is 0 Å². The number of hydrogen-bond donors (Lipinski definition) is 1. The van der Waals surface area contributed by atoms with Gasteiger partial charge in [-0.15, -0.1) is 11.3 Å². The van der Waals surface area contributed by atoms with Crippen LogP contribution >= 0.6 is 11.3 Å². The number of para-hydroxylation sites is 2. The van der Waals surface area contributed by atoms with Crippen molar-refractivity contribution in [3.63, 3.8) is 0 Å². The highest BCUT2D eigenvalue weighted by atomic mass is 32.1. The molecule has 25 heavy (non-hydrogen) atoms. The zero-order chi connectivity index (χ0) is 17.6. The third-order valence-corrected chi connectivity index (χ3v) is 4.91. The molecule has 0 aliphatic rings. The van der Waals surface area contributed by atoms with E-state index in [4.69, 9.17) is 0 Å². The summed E-state index contributed by atoms with van der Waals surface area (Å²) in [6.45, 7) is 3.00. The lowest BCUT2D eigenvalue weighted by Gasteiger charge is -2.12. The summed E-state index contributed by atoms with van der Waals surface area (Å²) in [7, 11) is 0. The van der Waals surface area contributed by atoms with Crippen LogP contribution in [-0.2, 0) is 4.79 Å². The van der Waals surface area contributed by atoms with Crippen molar-refractivity contribution in [1.29, 1.82) is 0 Å². The maximum atomic E-state index is 12.4. The minimum atomic E-state index is -0.343. The molecule has 0 radical (unpaired) electrons. The lowest BCUT2D eigenvalue weighted by Crippen LogP contribution is -2.34. The molecule has 0 aliphatic heterocycles. The van der Waals surface area contributed by atoms with Crippen molar-refractivity contribution in [3.8, 4) is 10.6 Å². The molecule has 1 amide bonds. The molecule has 0 saturated heterocycles. The molecule has 0 unspecified atom stereocenters. The fraction of sp³-hybridized carbons (Fsp3) is 0.111. The van der Waals surface area contributed by atoms with Crippen LogP contribution in [0.5, 0.6) is 0 Å². The maximum absolute atomic E-state index is 12.4. The van der Waals surface area contributed by atoms with Gasteiger partial charge in [0, 0.05) is 12.5 Å². The van der Waals surface area contributed by atoms with Gasteiger partial charge in [-0.05, 0) is 31.2 Å². The van der Waals surface area contributed by atoms with E-state index in [2.05, 4.69) is 15.4 Å². The lowest BCUT2D eigenvalue weighted by atomic mass is 10.1. The van der Waals surface area contributed by atoms with Gasteiger partial charge in [-0.25, -0.2) is 14.6 Å². The van der Waals surface area contributed by atoms with E-state index in [0.29, 0.717) is 16.7 Å². The Morgan fingerprint density at radius 3 is 2.68 bits per heavy atom. The van der Waals surface area contributed by atoms with Crippen molar-refractivity contribution in [1.82, 2.24) is 14.6 Å². The number of aryl methyl sites for hydroxylation is 1. The molecule has 6 nitrogen and oxygen atoms in total. The second-order valence-corrected chi connectivity index (χ2v) is 6.70. The normalized spacial score (nSPS) is 11.1. The van der Waals surface area contributed by atoms with Crippen LogP contribution in [0, 0.1) is 6.92 Å². The number of thiazole rings is 1. The minimum absolute atomic E-state index is 0.315. The summed E-state index contributed by atoms with van der Waals surface area (Å²) in [4.78, 5) is 33.0. The van der Waals surface area contributed by atoms with Gasteiger partial charge < -0.3 is 0 Å². The Balaban J connectivity index is 2.03. The summed E-state index contributed by atoms with van der Waals surface area (Å²) in [5.41, 5.74) is 5.47. The van der Waals surface area contributed by atoms with Crippen molar-refractivity contribution < 1.29 is 4.79 Å². The average molecular weight is 350 g/mol. The van der Waals surface area contributed by atoms with E-state index in [1.54, 1.807) is 24.3 Å². The zero-order valence-corrected chi connectivity index (χ0v) is 14.4. The van der Waals surface area contributed by atoms with E-state index in [-0.39, 0.29) is 11.5 Å². The Morgan fingerprint density at radius 2 is 1.92 bits per heavy atom. The van der Waals surface area contributed by atoms with E-state index in [1.807, 2.05) is 36.4 Å². The molecular formula is C18H14N4O2S. The number of benzene rings is 2. The van der Waals surface area contributed by atoms with Crippen LogP contribution in [0.15, 0.2) is 47.3 Å². The van der Waals surface area contributed by atoms with E-state index in [1.165, 1.54) is 11.6 Å². The lowest BCUT2D eigenvalue weighted by molar-refractivity contribution is -0.115. The monoisotopic (exact) mass is 350 g/mol. The molecule has 2 aromatic heterocycles. The smallest absolute Gasteiger partial charge is 0.274 e. The third kappa shape index (κ3) is 2.58.